The molecular weight excluding hydrogens is 186 g/mol. The Morgan fingerprint density at radius 2 is 1.80 bits per heavy atom. The Labute approximate surface area is 91.3 Å². The van der Waals surface area contributed by atoms with Gasteiger partial charge in [-0.15, -0.1) is 0 Å². The molecule has 0 aliphatic heterocycles. The molecule has 0 atom stereocenters. The molecule has 0 fully saturated rings. The number of benzene rings is 1. The molecule has 0 bridgehead atoms. The molecule has 2 rings (SSSR count). The molecule has 0 unspecified atom stereocenters. The predicted molar refractivity (Wildman–Crippen MR) is 64.1 cm³/mol. The van der Waals surface area contributed by atoms with Gasteiger partial charge in [0.2, 0.25) is 0 Å². The summed E-state index contributed by atoms with van der Waals surface area (Å²) >= 11 is 0. The molecule has 1 heterocycles. The van der Waals surface area contributed by atoms with Gasteiger partial charge in [0, 0.05) is 5.39 Å². The molecule has 2 heteroatoms. The normalized spacial score (nSPS) is 11.0. The maximum Gasteiger partial charge on any atom is 0.166 e. The lowest BCUT2D eigenvalue weighted by molar-refractivity contribution is 0.456. The largest absolute Gasteiger partial charge is 0.356 e. The molecule has 0 saturated heterocycles. The first-order chi connectivity index (χ1) is 7.07. The van der Waals surface area contributed by atoms with Crippen LogP contribution < -0.4 is 0 Å². The minimum Gasteiger partial charge on any atom is -0.356 e. The van der Waals surface area contributed by atoms with E-state index in [0.717, 1.165) is 11.0 Å². The molecule has 0 saturated carbocycles. The summed E-state index contributed by atoms with van der Waals surface area (Å²) in [5.74, 6) is 0. The monoisotopic (exact) mass is 205 g/mol. The fourth-order valence-electron chi connectivity index (χ4n) is 1.34. The third-order valence-electron chi connectivity index (χ3n) is 2.22. The van der Waals surface area contributed by atoms with Crippen LogP contribution in [0.5, 0.6) is 0 Å². The van der Waals surface area contributed by atoms with E-state index in [-0.39, 0.29) is 5.41 Å². The zero-order chi connectivity index (χ0) is 11.5. The Balaban J connectivity index is 0.000000531. The highest BCUT2D eigenvalue weighted by molar-refractivity contribution is 5.76. The van der Waals surface area contributed by atoms with E-state index in [1.54, 1.807) is 6.20 Å². The summed E-state index contributed by atoms with van der Waals surface area (Å²) in [4.78, 5) is 0. The second-order valence-corrected chi connectivity index (χ2v) is 4.33. The lowest BCUT2D eigenvalue weighted by Crippen LogP contribution is -2.10. The van der Waals surface area contributed by atoms with E-state index < -0.39 is 0 Å². The average molecular weight is 205 g/mol. The van der Waals surface area contributed by atoms with E-state index in [4.69, 9.17) is 4.52 Å². The number of aromatic nitrogens is 1. The third-order valence-corrected chi connectivity index (χ3v) is 2.22. The Hall–Kier alpha value is -1.31. The molecule has 0 radical (unpaired) electrons. The first-order valence-electron chi connectivity index (χ1n) is 5.42. The predicted octanol–water partition coefficient (Wildman–Crippen LogP) is 4.15. The van der Waals surface area contributed by atoms with Gasteiger partial charge in [0.05, 0.1) is 6.20 Å². The second-order valence-electron chi connectivity index (χ2n) is 4.33. The van der Waals surface area contributed by atoms with Gasteiger partial charge in [0.1, 0.15) is 0 Å². The van der Waals surface area contributed by atoms with Crippen molar-refractivity contribution in [1.82, 2.24) is 5.16 Å². The van der Waals surface area contributed by atoms with Crippen LogP contribution >= 0.6 is 0 Å². The van der Waals surface area contributed by atoms with Crippen LogP contribution in [0.4, 0.5) is 0 Å². The molecule has 2 nitrogen and oxygen atoms in total. The van der Waals surface area contributed by atoms with Crippen molar-refractivity contribution in [2.45, 2.75) is 40.0 Å². The van der Waals surface area contributed by atoms with Gasteiger partial charge in [-0.3, -0.25) is 0 Å². The quantitative estimate of drug-likeness (QED) is 0.645. The van der Waals surface area contributed by atoms with E-state index in [1.807, 2.05) is 19.9 Å². The number of nitrogens with zero attached hydrogens (tertiary/aromatic N) is 1. The fourth-order valence-corrected chi connectivity index (χ4v) is 1.34. The van der Waals surface area contributed by atoms with Crippen molar-refractivity contribution >= 4 is 11.0 Å². The smallest absolute Gasteiger partial charge is 0.166 e. The highest BCUT2D eigenvalue weighted by Gasteiger charge is 2.14. The van der Waals surface area contributed by atoms with Crippen molar-refractivity contribution < 1.29 is 4.52 Å². The van der Waals surface area contributed by atoms with Crippen LogP contribution in [0.2, 0.25) is 0 Å². The van der Waals surface area contributed by atoms with Gasteiger partial charge in [0.25, 0.3) is 0 Å². The Morgan fingerprint density at radius 1 is 1.13 bits per heavy atom. The topological polar surface area (TPSA) is 26.0 Å². The summed E-state index contributed by atoms with van der Waals surface area (Å²) in [5.41, 5.74) is 2.35. The Morgan fingerprint density at radius 3 is 2.40 bits per heavy atom. The zero-order valence-corrected chi connectivity index (χ0v) is 10.2. The SMILES string of the molecule is CC.CC(C)(C)c1ccc2oncc2c1. The van der Waals surface area contributed by atoms with Gasteiger partial charge in [-0.25, -0.2) is 0 Å². The first kappa shape index (κ1) is 11.8. The molecule has 0 aliphatic carbocycles. The summed E-state index contributed by atoms with van der Waals surface area (Å²) < 4.78 is 5.04. The zero-order valence-electron chi connectivity index (χ0n) is 10.2. The summed E-state index contributed by atoms with van der Waals surface area (Å²) in [5, 5.41) is 4.83. The maximum absolute atomic E-state index is 5.04. The van der Waals surface area contributed by atoms with Crippen molar-refractivity contribution in [1.29, 1.82) is 0 Å². The van der Waals surface area contributed by atoms with Crippen molar-refractivity contribution in [2.24, 2.45) is 0 Å². The van der Waals surface area contributed by atoms with Crippen molar-refractivity contribution in [3.05, 3.63) is 30.0 Å². The molecule has 0 spiro atoms. The summed E-state index contributed by atoms with van der Waals surface area (Å²) in [7, 11) is 0. The number of hydrogen-bond donors (Lipinski definition) is 0. The minimum absolute atomic E-state index is 0.186. The minimum atomic E-state index is 0.186. The third kappa shape index (κ3) is 2.58. The summed E-state index contributed by atoms with van der Waals surface area (Å²) in [6.07, 6.45) is 1.75. The molecule has 1 aromatic heterocycles. The lowest BCUT2D eigenvalue weighted by Gasteiger charge is -2.18. The van der Waals surface area contributed by atoms with E-state index in [0.29, 0.717) is 0 Å². The lowest BCUT2D eigenvalue weighted by atomic mass is 9.87. The first-order valence-corrected chi connectivity index (χ1v) is 5.42. The Bertz CT molecular complexity index is 423. The Kier molecular flexibility index (Phi) is 3.51. The summed E-state index contributed by atoms with van der Waals surface area (Å²) in [6.45, 7) is 10.6. The van der Waals surface area contributed by atoms with Crippen LogP contribution in [-0.2, 0) is 5.41 Å². The van der Waals surface area contributed by atoms with E-state index in [9.17, 15) is 0 Å². The molecular formula is C13H19NO. The standard InChI is InChI=1S/C11H13NO.C2H6/c1-11(2,3)9-4-5-10-8(6-9)7-12-13-10;1-2/h4-7H,1-3H3;1-2H3. The van der Waals surface area contributed by atoms with Gasteiger partial charge in [0.15, 0.2) is 5.58 Å². The maximum atomic E-state index is 5.04. The van der Waals surface area contributed by atoms with Crippen molar-refractivity contribution in [3.8, 4) is 0 Å². The van der Waals surface area contributed by atoms with E-state index in [2.05, 4.69) is 38.1 Å². The highest BCUT2D eigenvalue weighted by atomic mass is 16.5. The van der Waals surface area contributed by atoms with Crippen LogP contribution in [0.1, 0.15) is 40.2 Å². The molecule has 0 aliphatic rings. The van der Waals surface area contributed by atoms with Crippen molar-refractivity contribution in [2.75, 3.05) is 0 Å². The molecule has 82 valence electrons. The number of fused-ring (bicyclic) bond motifs is 1. The van der Waals surface area contributed by atoms with E-state index >= 15 is 0 Å². The van der Waals surface area contributed by atoms with Gasteiger partial charge in [-0.05, 0) is 23.1 Å². The van der Waals surface area contributed by atoms with E-state index in [1.165, 1.54) is 5.56 Å². The number of hydrogen-bond acceptors (Lipinski definition) is 2. The number of rotatable bonds is 0. The van der Waals surface area contributed by atoms with Crippen molar-refractivity contribution in [3.63, 3.8) is 0 Å². The molecule has 1 aromatic carbocycles. The van der Waals surface area contributed by atoms with Crippen LogP contribution in [-0.4, -0.2) is 5.16 Å². The van der Waals surface area contributed by atoms with Crippen LogP contribution in [0.3, 0.4) is 0 Å². The average Bonchev–Trinajstić information content (AvgIpc) is 2.66. The van der Waals surface area contributed by atoms with Gasteiger partial charge in [-0.1, -0.05) is 45.8 Å². The van der Waals surface area contributed by atoms with Gasteiger partial charge < -0.3 is 4.52 Å². The van der Waals surface area contributed by atoms with Gasteiger partial charge >= 0.3 is 0 Å². The second kappa shape index (κ2) is 4.47. The molecule has 0 N–H and O–H groups in total. The highest BCUT2D eigenvalue weighted by Crippen LogP contribution is 2.25. The van der Waals surface area contributed by atoms with Gasteiger partial charge in [-0.2, -0.15) is 0 Å². The molecule has 2 aromatic rings. The fraction of sp³-hybridized carbons (Fsp3) is 0.462. The molecule has 0 amide bonds. The van der Waals surface area contributed by atoms with Crippen LogP contribution in [0, 0.1) is 0 Å². The molecule has 15 heavy (non-hydrogen) atoms. The van der Waals surface area contributed by atoms with Crippen LogP contribution in [0.15, 0.2) is 28.9 Å². The van der Waals surface area contributed by atoms with Crippen LogP contribution in [0.25, 0.3) is 11.0 Å². The summed E-state index contributed by atoms with van der Waals surface area (Å²) in [6, 6.07) is 6.20.